The fraction of sp³-hybridized carbons (Fsp3) is 0.391. The molecule has 142 valence electrons. The third-order valence-corrected chi connectivity index (χ3v) is 9.10. The summed E-state index contributed by atoms with van der Waals surface area (Å²) in [6.45, 7) is 13.3. The summed E-state index contributed by atoms with van der Waals surface area (Å²) in [7, 11) is -1.99. The maximum atomic E-state index is 6.41. The molecule has 1 fully saturated rings. The van der Waals surface area contributed by atoms with E-state index >= 15 is 0 Å². The van der Waals surface area contributed by atoms with Gasteiger partial charge in [0.15, 0.2) is 0 Å². The highest BCUT2D eigenvalue weighted by Crippen LogP contribution is 2.40. The van der Waals surface area contributed by atoms with Crippen LogP contribution in [-0.4, -0.2) is 26.4 Å². The van der Waals surface area contributed by atoms with Gasteiger partial charge in [0.1, 0.15) is 0 Å². The van der Waals surface area contributed by atoms with Crippen molar-refractivity contribution >= 4 is 26.5 Å². The van der Waals surface area contributed by atoms with Crippen LogP contribution in [0.25, 0.3) is 6.08 Å². The molecule has 2 aromatic rings. The molecule has 1 aliphatic heterocycles. The Kier molecular flexibility index (Phi) is 5.53. The molecule has 3 rings (SSSR count). The van der Waals surface area contributed by atoms with Crippen LogP contribution in [0.15, 0.2) is 66.1 Å². The number of hydrogen-bond donors (Lipinski definition) is 0. The first-order chi connectivity index (χ1) is 12.6. The van der Waals surface area contributed by atoms with Gasteiger partial charge in [0.25, 0.3) is 0 Å². The largest absolute Gasteiger partial charge is 0.490 e. The summed E-state index contributed by atoms with van der Waals surface area (Å²) in [5, 5.41) is 1.46. The predicted octanol–water partition coefficient (Wildman–Crippen LogP) is 5.32. The van der Waals surface area contributed by atoms with Crippen LogP contribution in [0.4, 0.5) is 0 Å². The second-order valence-electron chi connectivity index (χ2n) is 9.14. The molecule has 4 heteroatoms. The van der Waals surface area contributed by atoms with Gasteiger partial charge in [-0.2, -0.15) is 0 Å². The molecule has 0 spiro atoms. The van der Waals surface area contributed by atoms with E-state index < -0.39 is 8.07 Å². The van der Waals surface area contributed by atoms with E-state index in [0.717, 1.165) is 6.04 Å². The van der Waals surface area contributed by atoms with Gasteiger partial charge in [-0.25, -0.2) is 0 Å². The molecule has 2 nitrogen and oxygen atoms in total. The van der Waals surface area contributed by atoms with Crippen LogP contribution >= 0.6 is 0 Å². The van der Waals surface area contributed by atoms with Crippen LogP contribution in [-0.2, 0) is 9.31 Å². The first kappa shape index (κ1) is 20.1. The summed E-state index contributed by atoms with van der Waals surface area (Å²) >= 11 is 0. The molecule has 0 atom stereocenters. The monoisotopic (exact) mass is 378 g/mol. The second kappa shape index (κ2) is 7.42. The van der Waals surface area contributed by atoms with E-state index in [1.54, 1.807) is 0 Å². The van der Waals surface area contributed by atoms with Crippen LogP contribution in [0.3, 0.4) is 0 Å². The van der Waals surface area contributed by atoms with Gasteiger partial charge in [-0.1, -0.05) is 85.0 Å². The summed E-state index contributed by atoms with van der Waals surface area (Å²) in [6.07, 6.45) is 2.26. The van der Waals surface area contributed by atoms with Crippen LogP contribution < -0.4 is 5.19 Å². The smallest absolute Gasteiger partial charge is 0.400 e. The third-order valence-electron chi connectivity index (χ3n) is 5.91. The molecule has 2 aromatic carbocycles. The lowest BCUT2D eigenvalue weighted by atomic mass is 9.78. The van der Waals surface area contributed by atoms with Crippen molar-refractivity contribution in [1.82, 2.24) is 0 Å². The molecule has 0 amide bonds. The van der Waals surface area contributed by atoms with Crippen molar-refractivity contribution in [1.29, 1.82) is 0 Å². The first-order valence-electron chi connectivity index (χ1n) is 9.77. The molecule has 27 heavy (non-hydrogen) atoms. The molecule has 0 N–H and O–H groups in total. The SMILES string of the molecule is CC1(C)OB(/C(=C\c2ccccc2)C[Si](C)(C)c2ccccc2)OC1(C)C. The minimum Gasteiger partial charge on any atom is -0.400 e. The topological polar surface area (TPSA) is 18.5 Å². The molecule has 0 saturated carbocycles. The Balaban J connectivity index is 1.96. The summed E-state index contributed by atoms with van der Waals surface area (Å²) in [5.74, 6) is 0. The van der Waals surface area contributed by atoms with Crippen LogP contribution in [0.5, 0.6) is 0 Å². The number of rotatable bonds is 5. The Morgan fingerprint density at radius 1 is 0.852 bits per heavy atom. The van der Waals surface area contributed by atoms with Gasteiger partial charge in [0.2, 0.25) is 0 Å². The average molecular weight is 378 g/mol. The lowest BCUT2D eigenvalue weighted by molar-refractivity contribution is 0.00578. The Morgan fingerprint density at radius 2 is 1.33 bits per heavy atom. The minimum absolute atomic E-state index is 0.300. The third kappa shape index (κ3) is 4.45. The van der Waals surface area contributed by atoms with Crippen molar-refractivity contribution in [2.24, 2.45) is 0 Å². The van der Waals surface area contributed by atoms with E-state index in [9.17, 15) is 0 Å². The van der Waals surface area contributed by atoms with Crippen molar-refractivity contribution in [3.05, 3.63) is 71.7 Å². The average Bonchev–Trinajstić information content (AvgIpc) is 2.84. The normalized spacial score (nSPS) is 19.3. The highest BCUT2D eigenvalue weighted by atomic mass is 28.3. The molecule has 0 aliphatic carbocycles. The van der Waals surface area contributed by atoms with Gasteiger partial charge in [-0.3, -0.25) is 0 Å². The Morgan fingerprint density at radius 3 is 1.85 bits per heavy atom. The molecule has 1 heterocycles. The van der Waals surface area contributed by atoms with Crippen molar-refractivity contribution in [2.75, 3.05) is 0 Å². The van der Waals surface area contributed by atoms with Crippen molar-refractivity contribution in [3.63, 3.8) is 0 Å². The fourth-order valence-electron chi connectivity index (χ4n) is 3.46. The van der Waals surface area contributed by atoms with Crippen molar-refractivity contribution < 1.29 is 9.31 Å². The fourth-order valence-corrected chi connectivity index (χ4v) is 6.05. The summed E-state index contributed by atoms with van der Waals surface area (Å²) in [6, 6.07) is 22.4. The molecule has 0 bridgehead atoms. The molecule has 0 unspecified atom stereocenters. The lowest BCUT2D eigenvalue weighted by Gasteiger charge is -2.32. The van der Waals surface area contributed by atoms with E-state index in [4.69, 9.17) is 9.31 Å². The standard InChI is InChI=1S/C23H31BO2Si/c1-22(2)23(3,4)26-24(25-22)20(17-19-13-9-7-10-14-19)18-27(5,6)21-15-11-8-12-16-21/h7-17H,18H2,1-6H3/b20-17-. The summed E-state index contributed by atoms with van der Waals surface area (Å²) in [5.41, 5.74) is 1.78. The number of hydrogen-bond acceptors (Lipinski definition) is 2. The highest BCUT2D eigenvalue weighted by Gasteiger charge is 2.52. The first-order valence-corrected chi connectivity index (χ1v) is 13.0. The Labute approximate surface area is 165 Å². The van der Waals surface area contributed by atoms with E-state index in [2.05, 4.69) is 108 Å². The van der Waals surface area contributed by atoms with Gasteiger partial charge >= 0.3 is 7.12 Å². The van der Waals surface area contributed by atoms with Gasteiger partial charge in [0, 0.05) is 0 Å². The molecular weight excluding hydrogens is 347 g/mol. The second-order valence-corrected chi connectivity index (χ2v) is 13.8. The van der Waals surface area contributed by atoms with E-state index in [1.807, 2.05) is 0 Å². The van der Waals surface area contributed by atoms with E-state index in [-0.39, 0.29) is 18.3 Å². The lowest BCUT2D eigenvalue weighted by Crippen LogP contribution is -2.43. The molecule has 0 radical (unpaired) electrons. The van der Waals surface area contributed by atoms with Crippen molar-refractivity contribution in [2.45, 2.75) is 58.0 Å². The highest BCUT2D eigenvalue weighted by molar-refractivity contribution is 6.91. The minimum atomic E-state index is -1.68. The van der Waals surface area contributed by atoms with Gasteiger partial charge < -0.3 is 9.31 Å². The maximum absolute atomic E-state index is 6.41. The molecule has 1 saturated heterocycles. The van der Waals surface area contributed by atoms with E-state index in [1.165, 1.54) is 16.2 Å². The number of benzene rings is 2. The van der Waals surface area contributed by atoms with Crippen LogP contribution in [0, 0.1) is 0 Å². The Bertz CT molecular complexity index is 782. The summed E-state index contributed by atoms with van der Waals surface area (Å²) < 4.78 is 12.8. The van der Waals surface area contributed by atoms with Crippen molar-refractivity contribution in [3.8, 4) is 0 Å². The molecule has 0 aromatic heterocycles. The summed E-state index contributed by atoms with van der Waals surface area (Å²) in [4.78, 5) is 0. The van der Waals surface area contributed by atoms with Gasteiger partial charge in [0.05, 0.1) is 19.3 Å². The maximum Gasteiger partial charge on any atom is 0.490 e. The quantitative estimate of drug-likeness (QED) is 0.656. The van der Waals surface area contributed by atoms with Gasteiger partial charge in [-0.15, -0.1) is 0 Å². The van der Waals surface area contributed by atoms with Crippen LogP contribution in [0.2, 0.25) is 19.1 Å². The van der Waals surface area contributed by atoms with Gasteiger partial charge in [-0.05, 0) is 44.8 Å². The zero-order chi connectivity index (χ0) is 19.7. The molecule has 1 aliphatic rings. The predicted molar refractivity (Wildman–Crippen MR) is 119 cm³/mol. The van der Waals surface area contributed by atoms with E-state index in [0.29, 0.717) is 0 Å². The molecular formula is C23H31BO2Si. The zero-order valence-corrected chi connectivity index (χ0v) is 18.5. The Hall–Kier alpha value is -1.62. The van der Waals surface area contributed by atoms with Crippen LogP contribution in [0.1, 0.15) is 33.3 Å². The zero-order valence-electron chi connectivity index (χ0n) is 17.5. The number of allylic oxidation sites excluding steroid dienone is 1.